The van der Waals surface area contributed by atoms with E-state index < -0.39 is 0 Å². The summed E-state index contributed by atoms with van der Waals surface area (Å²) in [5.74, 6) is 0. The van der Waals surface area contributed by atoms with Gasteiger partial charge in [-0.15, -0.1) is 0 Å². The van der Waals surface area contributed by atoms with Crippen LogP contribution in [0.1, 0.15) is 43.8 Å². The van der Waals surface area contributed by atoms with Crippen molar-refractivity contribution in [3.63, 3.8) is 0 Å². The summed E-state index contributed by atoms with van der Waals surface area (Å²) in [6.07, 6.45) is 5.78. The Morgan fingerprint density at radius 2 is 2.05 bits per heavy atom. The smallest absolute Gasteiger partial charge is 0.0805 e. The molecule has 1 N–H and O–H groups in total. The monoisotopic (exact) mass is 275 g/mol. The van der Waals surface area contributed by atoms with Crippen LogP contribution >= 0.6 is 0 Å². The van der Waals surface area contributed by atoms with Crippen molar-refractivity contribution in [1.82, 2.24) is 4.90 Å². The second-order valence-electron chi connectivity index (χ2n) is 6.09. The molecule has 0 bridgehead atoms. The molecule has 2 fully saturated rings. The Hall–Kier alpha value is -0.900. The first-order chi connectivity index (χ1) is 9.83. The van der Waals surface area contributed by atoms with Gasteiger partial charge in [0, 0.05) is 19.2 Å². The molecule has 0 aliphatic carbocycles. The standard InChI is InChI=1S/C17H25NO2/c19-17(14-6-2-1-3-7-14)12-15-8-4-10-18(15)13-16-9-5-11-20-16/h1-3,6-7,15-17,19H,4-5,8-13H2. The maximum Gasteiger partial charge on any atom is 0.0805 e. The third-order valence-corrected chi connectivity index (χ3v) is 4.64. The van der Waals surface area contributed by atoms with Gasteiger partial charge in [0.1, 0.15) is 0 Å². The fourth-order valence-electron chi connectivity index (χ4n) is 3.52. The average molecular weight is 275 g/mol. The lowest BCUT2D eigenvalue weighted by Gasteiger charge is -2.28. The number of aliphatic hydroxyl groups is 1. The van der Waals surface area contributed by atoms with E-state index in [2.05, 4.69) is 4.90 Å². The van der Waals surface area contributed by atoms with Gasteiger partial charge in [0.25, 0.3) is 0 Å². The van der Waals surface area contributed by atoms with Crippen LogP contribution in [-0.4, -0.2) is 41.8 Å². The molecule has 3 atom stereocenters. The molecule has 0 saturated carbocycles. The van der Waals surface area contributed by atoms with Gasteiger partial charge in [-0.1, -0.05) is 30.3 Å². The Balaban J connectivity index is 1.55. The first-order valence-electron chi connectivity index (χ1n) is 7.91. The Labute approximate surface area is 121 Å². The van der Waals surface area contributed by atoms with Crippen LogP contribution in [0.5, 0.6) is 0 Å². The van der Waals surface area contributed by atoms with Crippen molar-refractivity contribution in [3.8, 4) is 0 Å². The third kappa shape index (κ3) is 3.40. The summed E-state index contributed by atoms with van der Waals surface area (Å²) in [6, 6.07) is 10.5. The fourth-order valence-corrected chi connectivity index (χ4v) is 3.52. The van der Waals surface area contributed by atoms with Crippen molar-refractivity contribution in [2.24, 2.45) is 0 Å². The molecule has 110 valence electrons. The number of aliphatic hydroxyl groups excluding tert-OH is 1. The Kier molecular flexibility index (Phi) is 4.71. The van der Waals surface area contributed by atoms with Crippen molar-refractivity contribution < 1.29 is 9.84 Å². The molecule has 0 radical (unpaired) electrons. The van der Waals surface area contributed by atoms with Crippen LogP contribution in [0.2, 0.25) is 0 Å². The van der Waals surface area contributed by atoms with Crippen molar-refractivity contribution in [2.45, 2.75) is 50.4 Å². The highest BCUT2D eigenvalue weighted by atomic mass is 16.5. The lowest BCUT2D eigenvalue weighted by Crippen LogP contribution is -2.36. The van der Waals surface area contributed by atoms with E-state index in [0.717, 1.165) is 31.7 Å². The topological polar surface area (TPSA) is 32.7 Å². The zero-order valence-corrected chi connectivity index (χ0v) is 12.1. The second kappa shape index (κ2) is 6.70. The molecule has 3 nitrogen and oxygen atoms in total. The average Bonchev–Trinajstić information content (AvgIpc) is 3.13. The molecule has 2 aliphatic heterocycles. The molecule has 0 amide bonds. The lowest BCUT2D eigenvalue weighted by molar-refractivity contribution is 0.0557. The van der Waals surface area contributed by atoms with Crippen LogP contribution in [0.4, 0.5) is 0 Å². The highest BCUT2D eigenvalue weighted by Gasteiger charge is 2.30. The van der Waals surface area contributed by atoms with Crippen molar-refractivity contribution >= 4 is 0 Å². The summed E-state index contributed by atoms with van der Waals surface area (Å²) in [5.41, 5.74) is 1.04. The minimum atomic E-state index is -0.341. The van der Waals surface area contributed by atoms with E-state index in [4.69, 9.17) is 4.74 Å². The van der Waals surface area contributed by atoms with Gasteiger partial charge in [-0.25, -0.2) is 0 Å². The van der Waals surface area contributed by atoms with E-state index in [9.17, 15) is 5.11 Å². The van der Waals surface area contributed by atoms with Crippen LogP contribution in [0, 0.1) is 0 Å². The van der Waals surface area contributed by atoms with E-state index in [1.165, 1.54) is 25.7 Å². The number of hydrogen-bond acceptors (Lipinski definition) is 3. The molecule has 3 rings (SSSR count). The highest BCUT2D eigenvalue weighted by molar-refractivity contribution is 5.17. The SMILES string of the molecule is OC(CC1CCCN1CC1CCCO1)c1ccccc1. The molecule has 2 saturated heterocycles. The van der Waals surface area contributed by atoms with Crippen LogP contribution in [0.3, 0.4) is 0 Å². The normalized spacial score (nSPS) is 28.9. The summed E-state index contributed by atoms with van der Waals surface area (Å²) in [7, 11) is 0. The highest BCUT2D eigenvalue weighted by Crippen LogP contribution is 2.28. The summed E-state index contributed by atoms with van der Waals surface area (Å²) < 4.78 is 5.75. The zero-order valence-electron chi connectivity index (χ0n) is 12.1. The Morgan fingerprint density at radius 1 is 1.20 bits per heavy atom. The lowest BCUT2D eigenvalue weighted by atomic mass is 10.0. The molecular formula is C17H25NO2. The number of likely N-dealkylation sites (tertiary alicyclic amines) is 1. The molecular weight excluding hydrogens is 250 g/mol. The van der Waals surface area contributed by atoms with Crippen molar-refractivity contribution in [2.75, 3.05) is 19.7 Å². The molecule has 0 aromatic heterocycles. The van der Waals surface area contributed by atoms with E-state index in [1.807, 2.05) is 30.3 Å². The molecule has 1 aromatic rings. The van der Waals surface area contributed by atoms with E-state index in [1.54, 1.807) is 0 Å². The summed E-state index contributed by atoms with van der Waals surface area (Å²) in [4.78, 5) is 2.53. The quantitative estimate of drug-likeness (QED) is 0.897. The molecule has 0 spiro atoms. The van der Waals surface area contributed by atoms with Gasteiger partial charge in [0.2, 0.25) is 0 Å². The Bertz CT molecular complexity index is 403. The number of rotatable bonds is 5. The number of benzene rings is 1. The molecule has 3 heteroatoms. The molecule has 3 unspecified atom stereocenters. The first kappa shape index (κ1) is 14.1. The number of ether oxygens (including phenoxy) is 1. The van der Waals surface area contributed by atoms with Crippen LogP contribution in [0.25, 0.3) is 0 Å². The fraction of sp³-hybridized carbons (Fsp3) is 0.647. The van der Waals surface area contributed by atoms with Crippen molar-refractivity contribution in [3.05, 3.63) is 35.9 Å². The number of nitrogens with zero attached hydrogens (tertiary/aromatic N) is 1. The van der Waals surface area contributed by atoms with Crippen molar-refractivity contribution in [1.29, 1.82) is 0 Å². The van der Waals surface area contributed by atoms with E-state index in [0.29, 0.717) is 12.1 Å². The van der Waals surface area contributed by atoms with Gasteiger partial charge in [0.05, 0.1) is 12.2 Å². The van der Waals surface area contributed by atoms with Crippen LogP contribution < -0.4 is 0 Å². The minimum absolute atomic E-state index is 0.341. The predicted octanol–water partition coefficient (Wildman–Crippen LogP) is 2.75. The molecule has 20 heavy (non-hydrogen) atoms. The van der Waals surface area contributed by atoms with Crippen LogP contribution in [-0.2, 0) is 4.74 Å². The first-order valence-corrected chi connectivity index (χ1v) is 7.91. The maximum absolute atomic E-state index is 10.4. The van der Waals surface area contributed by atoms with Gasteiger partial charge in [-0.3, -0.25) is 4.90 Å². The number of hydrogen-bond donors (Lipinski definition) is 1. The second-order valence-corrected chi connectivity index (χ2v) is 6.09. The molecule has 2 aliphatic rings. The third-order valence-electron chi connectivity index (χ3n) is 4.64. The van der Waals surface area contributed by atoms with Gasteiger partial charge in [-0.05, 0) is 44.2 Å². The predicted molar refractivity (Wildman–Crippen MR) is 79.6 cm³/mol. The van der Waals surface area contributed by atoms with E-state index >= 15 is 0 Å². The Morgan fingerprint density at radius 3 is 2.80 bits per heavy atom. The van der Waals surface area contributed by atoms with E-state index in [-0.39, 0.29) is 6.10 Å². The van der Waals surface area contributed by atoms with Gasteiger partial charge < -0.3 is 9.84 Å². The zero-order chi connectivity index (χ0) is 13.8. The van der Waals surface area contributed by atoms with Crippen LogP contribution in [0.15, 0.2) is 30.3 Å². The van der Waals surface area contributed by atoms with Gasteiger partial charge in [-0.2, -0.15) is 0 Å². The minimum Gasteiger partial charge on any atom is -0.388 e. The summed E-state index contributed by atoms with van der Waals surface area (Å²) in [5, 5.41) is 10.4. The molecule has 2 heterocycles. The van der Waals surface area contributed by atoms with Gasteiger partial charge in [0.15, 0.2) is 0 Å². The maximum atomic E-state index is 10.4. The summed E-state index contributed by atoms with van der Waals surface area (Å²) in [6.45, 7) is 3.13. The largest absolute Gasteiger partial charge is 0.388 e. The summed E-state index contributed by atoms with van der Waals surface area (Å²) >= 11 is 0. The van der Waals surface area contributed by atoms with Gasteiger partial charge >= 0.3 is 0 Å². The molecule has 1 aromatic carbocycles.